The topological polar surface area (TPSA) is 60.5 Å². The first-order valence-electron chi connectivity index (χ1n) is 7.69. The summed E-state index contributed by atoms with van der Waals surface area (Å²) in [7, 11) is 1.63. The summed E-state index contributed by atoms with van der Waals surface area (Å²) in [5.74, 6) is 0.612. The number of fused-ring (bicyclic) bond motifs is 1. The molecule has 3 rings (SSSR count). The highest BCUT2D eigenvalue weighted by molar-refractivity contribution is 7.15. The van der Waals surface area contributed by atoms with Gasteiger partial charge < -0.3 is 9.47 Å². The summed E-state index contributed by atoms with van der Waals surface area (Å²) in [5, 5.41) is 3.53. The summed E-state index contributed by atoms with van der Waals surface area (Å²) in [5.41, 5.74) is 2.10. The van der Waals surface area contributed by atoms with Gasteiger partial charge in [0.05, 0.1) is 19.4 Å². The molecular weight excluding hydrogens is 312 g/mol. The molecule has 0 fully saturated rings. The van der Waals surface area contributed by atoms with Crippen LogP contribution in [0, 0.1) is 0 Å². The molecule has 1 atom stereocenters. The number of carbonyl (C=O) groups excluding carboxylic acids is 1. The molecule has 2 aromatic rings. The van der Waals surface area contributed by atoms with Crippen molar-refractivity contribution < 1.29 is 14.3 Å². The van der Waals surface area contributed by atoms with Crippen LogP contribution in [-0.2, 0) is 29.0 Å². The van der Waals surface area contributed by atoms with Crippen LogP contribution in [0.25, 0.3) is 0 Å². The Morgan fingerprint density at radius 3 is 3.09 bits per heavy atom. The SMILES string of the molecule is COc1cccc(COC(C)C(=O)Nc2nc3c(s2)CCC3)c1. The Morgan fingerprint density at radius 2 is 2.30 bits per heavy atom. The lowest BCUT2D eigenvalue weighted by molar-refractivity contribution is -0.127. The van der Waals surface area contributed by atoms with E-state index in [-0.39, 0.29) is 5.91 Å². The summed E-state index contributed by atoms with van der Waals surface area (Å²) in [6.45, 7) is 2.11. The molecule has 6 heteroatoms. The fourth-order valence-electron chi connectivity index (χ4n) is 2.51. The van der Waals surface area contributed by atoms with Crippen LogP contribution in [0.3, 0.4) is 0 Å². The molecule has 0 saturated carbocycles. The van der Waals surface area contributed by atoms with Crippen molar-refractivity contribution in [3.8, 4) is 5.75 Å². The largest absolute Gasteiger partial charge is 0.497 e. The van der Waals surface area contributed by atoms with E-state index < -0.39 is 6.10 Å². The Balaban J connectivity index is 1.52. The number of aryl methyl sites for hydroxylation is 2. The maximum Gasteiger partial charge on any atom is 0.255 e. The predicted molar refractivity (Wildman–Crippen MR) is 90.0 cm³/mol. The van der Waals surface area contributed by atoms with Crippen molar-refractivity contribution in [2.24, 2.45) is 0 Å². The first kappa shape index (κ1) is 16.0. The van der Waals surface area contributed by atoms with Crippen LogP contribution in [0.1, 0.15) is 29.5 Å². The molecule has 0 bridgehead atoms. The number of ether oxygens (including phenoxy) is 2. The summed E-state index contributed by atoms with van der Waals surface area (Å²) >= 11 is 1.57. The smallest absolute Gasteiger partial charge is 0.255 e. The summed E-state index contributed by atoms with van der Waals surface area (Å²) in [6.07, 6.45) is 2.72. The average Bonchev–Trinajstić information content (AvgIpc) is 3.14. The monoisotopic (exact) mass is 332 g/mol. The van der Waals surface area contributed by atoms with Crippen molar-refractivity contribution in [3.63, 3.8) is 0 Å². The number of hydrogen-bond donors (Lipinski definition) is 1. The maximum atomic E-state index is 12.2. The number of nitrogens with zero attached hydrogens (tertiary/aromatic N) is 1. The highest BCUT2D eigenvalue weighted by Gasteiger charge is 2.20. The number of methoxy groups -OCH3 is 1. The van der Waals surface area contributed by atoms with E-state index in [1.165, 1.54) is 11.3 Å². The minimum absolute atomic E-state index is 0.166. The third-order valence-corrected chi connectivity index (χ3v) is 4.90. The van der Waals surface area contributed by atoms with Crippen LogP contribution in [0.15, 0.2) is 24.3 Å². The Morgan fingerprint density at radius 1 is 1.43 bits per heavy atom. The van der Waals surface area contributed by atoms with Crippen LogP contribution in [0.5, 0.6) is 5.75 Å². The molecule has 1 aromatic carbocycles. The lowest BCUT2D eigenvalue weighted by Crippen LogP contribution is -2.27. The van der Waals surface area contributed by atoms with Gasteiger partial charge in [-0.3, -0.25) is 10.1 Å². The second kappa shape index (κ2) is 7.10. The number of hydrogen-bond acceptors (Lipinski definition) is 5. The standard InChI is InChI=1S/C17H20N2O3S/c1-11(22-10-12-5-3-6-13(9-12)21-2)16(20)19-17-18-14-7-4-8-15(14)23-17/h3,5-6,9,11H,4,7-8,10H2,1-2H3,(H,18,19,20). The van der Waals surface area contributed by atoms with Crippen LogP contribution in [-0.4, -0.2) is 24.1 Å². The van der Waals surface area contributed by atoms with E-state index in [1.54, 1.807) is 25.4 Å². The van der Waals surface area contributed by atoms with Crippen molar-refractivity contribution in [2.45, 2.75) is 38.9 Å². The lowest BCUT2D eigenvalue weighted by Gasteiger charge is -2.12. The Bertz CT molecular complexity index is 677. The minimum atomic E-state index is -0.542. The first-order valence-corrected chi connectivity index (χ1v) is 8.51. The number of amides is 1. The molecule has 0 spiro atoms. The molecule has 1 aliphatic rings. The zero-order valence-corrected chi connectivity index (χ0v) is 14.1. The predicted octanol–water partition coefficient (Wildman–Crippen LogP) is 3.18. The second-order valence-electron chi connectivity index (χ2n) is 5.54. The van der Waals surface area contributed by atoms with Gasteiger partial charge in [-0.2, -0.15) is 0 Å². The van der Waals surface area contributed by atoms with Crippen LogP contribution in [0.4, 0.5) is 5.13 Å². The number of aromatic nitrogens is 1. The molecule has 122 valence electrons. The Hall–Kier alpha value is -1.92. The number of thiazole rings is 1. The van der Waals surface area contributed by atoms with Gasteiger partial charge in [-0.15, -0.1) is 11.3 Å². The summed E-state index contributed by atoms with van der Waals surface area (Å²) in [4.78, 5) is 18.0. The van der Waals surface area contributed by atoms with Crippen LogP contribution >= 0.6 is 11.3 Å². The van der Waals surface area contributed by atoms with E-state index in [2.05, 4.69) is 10.3 Å². The molecule has 1 heterocycles. The van der Waals surface area contributed by atoms with Gasteiger partial charge in [0.15, 0.2) is 5.13 Å². The van der Waals surface area contributed by atoms with Gasteiger partial charge in [-0.1, -0.05) is 12.1 Å². The lowest BCUT2D eigenvalue weighted by atomic mass is 10.2. The normalized spacial score (nSPS) is 14.3. The minimum Gasteiger partial charge on any atom is -0.497 e. The third-order valence-electron chi connectivity index (χ3n) is 3.83. The van der Waals surface area contributed by atoms with Gasteiger partial charge in [0.1, 0.15) is 11.9 Å². The second-order valence-corrected chi connectivity index (χ2v) is 6.62. The molecule has 1 unspecified atom stereocenters. The average molecular weight is 332 g/mol. The zero-order chi connectivity index (χ0) is 16.2. The van der Waals surface area contributed by atoms with Crippen molar-refractivity contribution >= 4 is 22.4 Å². The molecule has 1 amide bonds. The highest BCUT2D eigenvalue weighted by atomic mass is 32.1. The summed E-state index contributed by atoms with van der Waals surface area (Å²) < 4.78 is 10.8. The van der Waals surface area contributed by atoms with E-state index >= 15 is 0 Å². The molecular formula is C17H20N2O3S. The van der Waals surface area contributed by atoms with Gasteiger partial charge in [0, 0.05) is 4.88 Å². The number of nitrogens with one attached hydrogen (secondary N) is 1. The number of rotatable bonds is 6. The summed E-state index contributed by atoms with van der Waals surface area (Å²) in [6, 6.07) is 7.62. The fraction of sp³-hybridized carbons (Fsp3) is 0.412. The molecule has 0 radical (unpaired) electrons. The van der Waals surface area contributed by atoms with Crippen LogP contribution < -0.4 is 10.1 Å². The van der Waals surface area contributed by atoms with Gasteiger partial charge in [-0.05, 0) is 43.9 Å². The molecule has 0 aliphatic heterocycles. The molecule has 5 nitrogen and oxygen atoms in total. The van der Waals surface area contributed by atoms with E-state index in [0.29, 0.717) is 11.7 Å². The van der Waals surface area contributed by atoms with Gasteiger partial charge >= 0.3 is 0 Å². The van der Waals surface area contributed by atoms with E-state index in [4.69, 9.17) is 9.47 Å². The van der Waals surface area contributed by atoms with E-state index in [1.807, 2.05) is 24.3 Å². The number of anilines is 1. The van der Waals surface area contributed by atoms with Gasteiger partial charge in [0.25, 0.3) is 5.91 Å². The van der Waals surface area contributed by atoms with E-state index in [9.17, 15) is 4.79 Å². The molecule has 1 N–H and O–H groups in total. The van der Waals surface area contributed by atoms with Gasteiger partial charge in [-0.25, -0.2) is 4.98 Å². The molecule has 23 heavy (non-hydrogen) atoms. The highest BCUT2D eigenvalue weighted by Crippen LogP contribution is 2.30. The molecule has 1 aliphatic carbocycles. The van der Waals surface area contributed by atoms with Crippen molar-refractivity contribution in [1.82, 2.24) is 4.98 Å². The first-order chi connectivity index (χ1) is 11.2. The number of benzene rings is 1. The quantitative estimate of drug-likeness (QED) is 0.882. The number of carbonyl (C=O) groups is 1. The maximum absolute atomic E-state index is 12.2. The zero-order valence-electron chi connectivity index (χ0n) is 13.3. The van der Waals surface area contributed by atoms with Crippen molar-refractivity contribution in [3.05, 3.63) is 40.4 Å². The Labute approximate surface area is 139 Å². The molecule has 1 aromatic heterocycles. The van der Waals surface area contributed by atoms with Crippen molar-refractivity contribution in [1.29, 1.82) is 0 Å². The molecule has 0 saturated heterocycles. The van der Waals surface area contributed by atoms with Crippen LogP contribution in [0.2, 0.25) is 0 Å². The van der Waals surface area contributed by atoms with Crippen molar-refractivity contribution in [2.75, 3.05) is 12.4 Å². The van der Waals surface area contributed by atoms with E-state index in [0.717, 1.165) is 29.8 Å². The third kappa shape index (κ3) is 3.89. The fourth-order valence-corrected chi connectivity index (χ4v) is 3.56. The van der Waals surface area contributed by atoms with Gasteiger partial charge in [0.2, 0.25) is 0 Å². The Kier molecular flexibility index (Phi) is 4.93.